The average molecular weight is 212 g/mol. The molecule has 1 rings (SSSR count). The Kier molecular flexibility index (Phi) is 4.58. The fraction of sp³-hybridized carbons (Fsp3) is 0.917. The predicted octanol–water partition coefficient (Wildman–Crippen LogP) is 1.66. The van der Waals surface area contributed by atoms with Crippen molar-refractivity contribution in [3.8, 4) is 0 Å². The summed E-state index contributed by atoms with van der Waals surface area (Å²) in [6.45, 7) is 6.17. The number of amides is 1. The molecule has 0 saturated heterocycles. The zero-order chi connectivity index (χ0) is 11.4. The fourth-order valence-electron chi connectivity index (χ4n) is 2.11. The van der Waals surface area contributed by atoms with E-state index in [2.05, 4.69) is 12.2 Å². The molecule has 88 valence electrons. The van der Waals surface area contributed by atoms with Gasteiger partial charge in [0.05, 0.1) is 6.04 Å². The number of nitrogens with one attached hydrogen (secondary N) is 1. The molecular formula is C12H24N2O. The molecule has 3 heteroatoms. The molecule has 0 radical (unpaired) electrons. The molecule has 0 spiro atoms. The fourth-order valence-corrected chi connectivity index (χ4v) is 2.11. The molecule has 3 nitrogen and oxygen atoms in total. The Bertz CT molecular complexity index is 216. The Labute approximate surface area is 92.8 Å². The van der Waals surface area contributed by atoms with E-state index in [0.29, 0.717) is 12.0 Å². The highest BCUT2D eigenvalue weighted by molar-refractivity contribution is 5.82. The number of hydrogen-bond acceptors (Lipinski definition) is 2. The van der Waals surface area contributed by atoms with Crippen molar-refractivity contribution in [2.24, 2.45) is 17.6 Å². The lowest BCUT2D eigenvalue weighted by Gasteiger charge is -2.30. The van der Waals surface area contributed by atoms with Crippen LogP contribution in [-0.2, 0) is 4.79 Å². The Hall–Kier alpha value is -0.570. The van der Waals surface area contributed by atoms with Crippen molar-refractivity contribution in [3.05, 3.63) is 0 Å². The maximum absolute atomic E-state index is 11.8. The molecule has 1 aliphatic carbocycles. The minimum absolute atomic E-state index is 0.0174. The molecule has 1 amide bonds. The Balaban J connectivity index is 2.42. The van der Waals surface area contributed by atoms with E-state index in [1.807, 2.05) is 13.8 Å². The van der Waals surface area contributed by atoms with Gasteiger partial charge in [-0.2, -0.15) is 0 Å². The van der Waals surface area contributed by atoms with Crippen LogP contribution >= 0.6 is 0 Å². The van der Waals surface area contributed by atoms with Crippen molar-refractivity contribution in [1.29, 1.82) is 0 Å². The normalized spacial score (nSPS) is 28.9. The van der Waals surface area contributed by atoms with Crippen molar-refractivity contribution >= 4 is 5.91 Å². The zero-order valence-electron chi connectivity index (χ0n) is 10.1. The SMILES string of the molecule is CC(C)C(N)C(=O)NC1CCCCC1C. The van der Waals surface area contributed by atoms with Gasteiger partial charge in [0.1, 0.15) is 0 Å². The molecule has 1 fully saturated rings. The summed E-state index contributed by atoms with van der Waals surface area (Å²) in [4.78, 5) is 11.8. The Morgan fingerprint density at radius 3 is 2.47 bits per heavy atom. The van der Waals surface area contributed by atoms with Crippen LogP contribution in [0, 0.1) is 11.8 Å². The summed E-state index contributed by atoms with van der Waals surface area (Å²) in [5.41, 5.74) is 5.81. The van der Waals surface area contributed by atoms with Crippen molar-refractivity contribution in [2.75, 3.05) is 0 Å². The maximum Gasteiger partial charge on any atom is 0.237 e. The monoisotopic (exact) mass is 212 g/mol. The molecule has 0 heterocycles. The first kappa shape index (κ1) is 12.5. The van der Waals surface area contributed by atoms with E-state index >= 15 is 0 Å². The van der Waals surface area contributed by atoms with Crippen molar-refractivity contribution in [2.45, 2.75) is 58.5 Å². The van der Waals surface area contributed by atoms with Crippen LogP contribution in [0.4, 0.5) is 0 Å². The third-order valence-electron chi connectivity index (χ3n) is 3.46. The molecule has 3 unspecified atom stereocenters. The summed E-state index contributed by atoms with van der Waals surface area (Å²) in [6.07, 6.45) is 4.86. The van der Waals surface area contributed by atoms with Crippen LogP contribution in [0.2, 0.25) is 0 Å². The second-order valence-electron chi connectivity index (χ2n) is 5.15. The molecule has 15 heavy (non-hydrogen) atoms. The highest BCUT2D eigenvalue weighted by Crippen LogP contribution is 2.23. The topological polar surface area (TPSA) is 55.1 Å². The molecule has 3 N–H and O–H groups in total. The van der Waals surface area contributed by atoms with Gasteiger partial charge in [-0.1, -0.05) is 33.6 Å². The Morgan fingerprint density at radius 2 is 1.93 bits per heavy atom. The first-order valence-corrected chi connectivity index (χ1v) is 6.08. The van der Waals surface area contributed by atoms with Crippen LogP contribution in [-0.4, -0.2) is 18.0 Å². The van der Waals surface area contributed by atoms with E-state index < -0.39 is 0 Å². The van der Waals surface area contributed by atoms with Gasteiger partial charge in [-0.05, 0) is 24.7 Å². The van der Waals surface area contributed by atoms with Gasteiger partial charge in [-0.3, -0.25) is 4.79 Å². The van der Waals surface area contributed by atoms with Gasteiger partial charge in [0, 0.05) is 6.04 Å². The number of nitrogens with two attached hydrogens (primary N) is 1. The predicted molar refractivity (Wildman–Crippen MR) is 62.4 cm³/mol. The first-order valence-electron chi connectivity index (χ1n) is 6.08. The summed E-state index contributed by atoms with van der Waals surface area (Å²) < 4.78 is 0. The first-order chi connectivity index (χ1) is 7.02. The van der Waals surface area contributed by atoms with Crippen LogP contribution in [0.3, 0.4) is 0 Å². The van der Waals surface area contributed by atoms with Gasteiger partial charge in [-0.25, -0.2) is 0 Å². The zero-order valence-corrected chi connectivity index (χ0v) is 10.1. The van der Waals surface area contributed by atoms with Crippen LogP contribution < -0.4 is 11.1 Å². The molecule has 0 aromatic heterocycles. The maximum atomic E-state index is 11.8. The van der Waals surface area contributed by atoms with Crippen molar-refractivity contribution < 1.29 is 4.79 Å². The minimum atomic E-state index is -0.362. The van der Waals surface area contributed by atoms with Gasteiger partial charge >= 0.3 is 0 Å². The van der Waals surface area contributed by atoms with Gasteiger partial charge in [0.15, 0.2) is 0 Å². The van der Waals surface area contributed by atoms with E-state index in [-0.39, 0.29) is 17.9 Å². The highest BCUT2D eigenvalue weighted by Gasteiger charge is 2.25. The molecule has 0 bridgehead atoms. The molecule has 1 saturated carbocycles. The van der Waals surface area contributed by atoms with Gasteiger partial charge in [0.25, 0.3) is 0 Å². The average Bonchev–Trinajstić information content (AvgIpc) is 2.20. The van der Waals surface area contributed by atoms with Crippen LogP contribution in [0.5, 0.6) is 0 Å². The number of carbonyl (C=O) groups is 1. The highest BCUT2D eigenvalue weighted by atomic mass is 16.2. The molecule has 0 aromatic carbocycles. The van der Waals surface area contributed by atoms with Gasteiger partial charge in [-0.15, -0.1) is 0 Å². The minimum Gasteiger partial charge on any atom is -0.352 e. The second-order valence-corrected chi connectivity index (χ2v) is 5.15. The number of carbonyl (C=O) groups excluding carboxylic acids is 1. The lowest BCUT2D eigenvalue weighted by atomic mass is 9.85. The van der Waals surface area contributed by atoms with Crippen LogP contribution in [0.15, 0.2) is 0 Å². The summed E-state index contributed by atoms with van der Waals surface area (Å²) >= 11 is 0. The smallest absolute Gasteiger partial charge is 0.237 e. The van der Waals surface area contributed by atoms with E-state index in [4.69, 9.17) is 5.73 Å². The lowest BCUT2D eigenvalue weighted by Crippen LogP contribution is -2.50. The lowest BCUT2D eigenvalue weighted by molar-refractivity contribution is -0.124. The van der Waals surface area contributed by atoms with Crippen LogP contribution in [0.25, 0.3) is 0 Å². The molecular weight excluding hydrogens is 188 g/mol. The number of hydrogen-bond donors (Lipinski definition) is 2. The van der Waals surface area contributed by atoms with Crippen LogP contribution in [0.1, 0.15) is 46.5 Å². The third kappa shape index (κ3) is 3.49. The van der Waals surface area contributed by atoms with Gasteiger partial charge in [0.2, 0.25) is 5.91 Å². The summed E-state index contributed by atoms with van der Waals surface area (Å²) in [5, 5.41) is 3.09. The molecule has 1 aliphatic rings. The summed E-state index contributed by atoms with van der Waals surface area (Å²) in [5.74, 6) is 0.828. The largest absolute Gasteiger partial charge is 0.352 e. The molecule has 0 aliphatic heterocycles. The molecule has 3 atom stereocenters. The quantitative estimate of drug-likeness (QED) is 0.747. The third-order valence-corrected chi connectivity index (χ3v) is 3.46. The standard InChI is InChI=1S/C12H24N2O/c1-8(2)11(13)12(15)14-10-7-5-4-6-9(10)3/h8-11H,4-7,13H2,1-3H3,(H,14,15). The van der Waals surface area contributed by atoms with E-state index in [1.54, 1.807) is 0 Å². The Morgan fingerprint density at radius 1 is 1.33 bits per heavy atom. The van der Waals surface area contributed by atoms with Crippen molar-refractivity contribution in [3.63, 3.8) is 0 Å². The van der Waals surface area contributed by atoms with Gasteiger partial charge < -0.3 is 11.1 Å². The molecule has 0 aromatic rings. The summed E-state index contributed by atoms with van der Waals surface area (Å²) in [7, 11) is 0. The van der Waals surface area contributed by atoms with Crippen molar-refractivity contribution in [1.82, 2.24) is 5.32 Å². The van der Waals surface area contributed by atoms with E-state index in [9.17, 15) is 4.79 Å². The number of rotatable bonds is 3. The van der Waals surface area contributed by atoms with E-state index in [0.717, 1.165) is 6.42 Å². The summed E-state index contributed by atoms with van der Waals surface area (Å²) in [6, 6.07) is -0.0184. The second kappa shape index (κ2) is 5.50. The van der Waals surface area contributed by atoms with E-state index in [1.165, 1.54) is 19.3 Å².